The SMILES string of the molecule is C=Cc1cccc(C(C(=O)NC(Cc2ccccc2)C(=O)OC(C)(C)C)N(CCCCCCC)C(=O)C(CC(N)=O)NC(=O)OC(C)(C)C)c1. The van der Waals surface area contributed by atoms with Crippen molar-refractivity contribution in [2.75, 3.05) is 6.54 Å². The molecule has 0 aliphatic heterocycles. The number of rotatable bonds is 18. The van der Waals surface area contributed by atoms with Crippen molar-refractivity contribution in [2.45, 2.75) is 123 Å². The highest BCUT2D eigenvalue weighted by molar-refractivity contribution is 5.95. The summed E-state index contributed by atoms with van der Waals surface area (Å²) in [5.74, 6) is -2.81. The zero-order valence-corrected chi connectivity index (χ0v) is 30.8. The Labute approximate surface area is 297 Å². The van der Waals surface area contributed by atoms with E-state index in [1.54, 1.807) is 71.9 Å². The molecule has 4 amide bonds. The Morgan fingerprint density at radius 1 is 0.840 bits per heavy atom. The van der Waals surface area contributed by atoms with E-state index in [4.69, 9.17) is 15.2 Å². The number of amides is 4. The normalized spacial score (nSPS) is 13.3. The van der Waals surface area contributed by atoms with E-state index in [1.807, 2.05) is 30.3 Å². The summed E-state index contributed by atoms with van der Waals surface area (Å²) in [5, 5.41) is 5.39. The molecule has 0 spiro atoms. The molecule has 2 aromatic carbocycles. The Hall–Kier alpha value is -4.67. The average Bonchev–Trinajstić information content (AvgIpc) is 3.01. The van der Waals surface area contributed by atoms with E-state index in [0.29, 0.717) is 17.5 Å². The number of hydrogen-bond donors (Lipinski definition) is 3. The van der Waals surface area contributed by atoms with Crippen molar-refractivity contribution in [1.29, 1.82) is 0 Å². The number of ether oxygens (including phenoxy) is 2. The molecule has 2 aromatic rings. The number of alkyl carbamates (subject to hydrolysis) is 1. The lowest BCUT2D eigenvalue weighted by molar-refractivity contribution is -0.159. The summed E-state index contributed by atoms with van der Waals surface area (Å²) < 4.78 is 11.1. The van der Waals surface area contributed by atoms with Crippen LogP contribution in [0.15, 0.2) is 61.2 Å². The van der Waals surface area contributed by atoms with Gasteiger partial charge in [0.15, 0.2) is 0 Å². The minimum atomic E-state index is -1.43. The first-order valence-corrected chi connectivity index (χ1v) is 17.3. The molecule has 4 N–H and O–H groups in total. The smallest absolute Gasteiger partial charge is 0.408 e. The van der Waals surface area contributed by atoms with Gasteiger partial charge in [-0.05, 0) is 70.7 Å². The molecule has 0 aliphatic carbocycles. The fourth-order valence-electron chi connectivity index (χ4n) is 5.30. The standard InChI is InChI=1S/C39H56N4O7/c1-9-11-12-13-17-23-43(35(46)30(26-32(40)44)42-37(48)50-39(6,7)8)33(29-22-18-21-27(10-2)24-29)34(45)41-31(36(47)49-38(3,4)5)25-28-19-15-14-16-20-28/h10,14-16,18-22,24,30-31,33H,2,9,11-13,17,23,25-26H2,1,3-8H3,(H2,40,44)(H,41,45)(H,42,48). The first-order chi connectivity index (χ1) is 23.4. The van der Waals surface area contributed by atoms with Crippen molar-refractivity contribution in [1.82, 2.24) is 15.5 Å². The molecule has 0 heterocycles. The van der Waals surface area contributed by atoms with Crippen molar-refractivity contribution in [3.05, 3.63) is 77.9 Å². The van der Waals surface area contributed by atoms with Crippen molar-refractivity contribution >= 4 is 35.9 Å². The van der Waals surface area contributed by atoms with Crippen LogP contribution < -0.4 is 16.4 Å². The molecule has 11 heteroatoms. The number of nitrogens with zero attached hydrogens (tertiary/aromatic N) is 1. The summed E-state index contributed by atoms with van der Waals surface area (Å²) in [5.41, 5.74) is 5.78. The van der Waals surface area contributed by atoms with Crippen LogP contribution in [0.4, 0.5) is 4.79 Å². The lowest BCUT2D eigenvalue weighted by Crippen LogP contribution is -2.55. The zero-order valence-electron chi connectivity index (χ0n) is 30.8. The molecule has 0 bridgehead atoms. The summed E-state index contributed by atoms with van der Waals surface area (Å²) in [6, 6.07) is 12.4. The third kappa shape index (κ3) is 14.8. The molecule has 0 aromatic heterocycles. The second kappa shape index (κ2) is 19.5. The van der Waals surface area contributed by atoms with E-state index in [9.17, 15) is 24.0 Å². The van der Waals surface area contributed by atoms with Crippen LogP contribution in [0, 0.1) is 0 Å². The molecule has 0 saturated carbocycles. The van der Waals surface area contributed by atoms with Gasteiger partial charge in [0.25, 0.3) is 0 Å². The number of benzene rings is 2. The minimum absolute atomic E-state index is 0.111. The summed E-state index contributed by atoms with van der Waals surface area (Å²) in [4.78, 5) is 69.1. The molecule has 11 nitrogen and oxygen atoms in total. The van der Waals surface area contributed by atoms with Gasteiger partial charge in [-0.25, -0.2) is 9.59 Å². The summed E-state index contributed by atoms with van der Waals surface area (Å²) >= 11 is 0. The predicted octanol–water partition coefficient (Wildman–Crippen LogP) is 6.01. The van der Waals surface area contributed by atoms with Crippen LogP contribution in [0.2, 0.25) is 0 Å². The monoisotopic (exact) mass is 692 g/mol. The molecule has 2 rings (SSSR count). The van der Waals surface area contributed by atoms with Crippen molar-refractivity contribution in [2.24, 2.45) is 5.73 Å². The Morgan fingerprint density at radius 3 is 2.06 bits per heavy atom. The van der Waals surface area contributed by atoms with Crippen LogP contribution in [0.3, 0.4) is 0 Å². The molecule has 3 atom stereocenters. The van der Waals surface area contributed by atoms with E-state index >= 15 is 0 Å². The fourth-order valence-corrected chi connectivity index (χ4v) is 5.30. The maximum Gasteiger partial charge on any atom is 0.408 e. The molecular formula is C39H56N4O7. The predicted molar refractivity (Wildman–Crippen MR) is 195 cm³/mol. The first kappa shape index (κ1) is 41.5. The fraction of sp³-hybridized carbons (Fsp3) is 0.513. The summed E-state index contributed by atoms with van der Waals surface area (Å²) in [6.45, 7) is 16.3. The molecule has 0 saturated heterocycles. The molecule has 0 radical (unpaired) electrons. The minimum Gasteiger partial charge on any atom is -0.458 e. The number of primary amides is 1. The van der Waals surface area contributed by atoms with E-state index < -0.39 is 65.5 Å². The molecule has 50 heavy (non-hydrogen) atoms. The molecule has 0 aliphatic rings. The van der Waals surface area contributed by atoms with Gasteiger partial charge >= 0.3 is 12.1 Å². The Kier molecular flexibility index (Phi) is 16.2. The number of unbranched alkanes of at least 4 members (excludes halogenated alkanes) is 4. The molecule has 3 unspecified atom stereocenters. The second-order valence-electron chi connectivity index (χ2n) is 14.4. The van der Waals surface area contributed by atoms with E-state index in [0.717, 1.165) is 31.2 Å². The maximum absolute atomic E-state index is 14.6. The Morgan fingerprint density at radius 2 is 1.48 bits per heavy atom. The van der Waals surface area contributed by atoms with E-state index in [1.165, 1.54) is 4.90 Å². The van der Waals surface area contributed by atoms with E-state index in [2.05, 4.69) is 24.1 Å². The van der Waals surface area contributed by atoms with Crippen LogP contribution in [-0.2, 0) is 35.1 Å². The van der Waals surface area contributed by atoms with Gasteiger partial charge in [0.05, 0.1) is 6.42 Å². The van der Waals surface area contributed by atoms with Gasteiger partial charge in [0.2, 0.25) is 17.7 Å². The quantitative estimate of drug-likeness (QED) is 0.128. The van der Waals surface area contributed by atoms with Gasteiger partial charge in [0, 0.05) is 13.0 Å². The number of carbonyl (C=O) groups is 5. The van der Waals surface area contributed by atoms with Crippen LogP contribution >= 0.6 is 0 Å². The third-order valence-corrected chi connectivity index (χ3v) is 7.49. The van der Waals surface area contributed by atoms with Crippen molar-refractivity contribution in [3.63, 3.8) is 0 Å². The Bertz CT molecular complexity index is 1450. The third-order valence-electron chi connectivity index (χ3n) is 7.49. The second-order valence-corrected chi connectivity index (χ2v) is 14.4. The number of nitrogens with one attached hydrogen (secondary N) is 2. The van der Waals surface area contributed by atoms with Crippen LogP contribution in [-0.4, -0.2) is 64.5 Å². The number of hydrogen-bond acceptors (Lipinski definition) is 7. The molecule has 274 valence electrons. The number of nitrogens with two attached hydrogens (primary N) is 1. The summed E-state index contributed by atoms with van der Waals surface area (Å²) in [7, 11) is 0. The topological polar surface area (TPSA) is 157 Å². The highest BCUT2D eigenvalue weighted by Crippen LogP contribution is 2.26. The highest BCUT2D eigenvalue weighted by Gasteiger charge is 2.38. The van der Waals surface area contributed by atoms with Crippen LogP contribution in [0.25, 0.3) is 6.08 Å². The lowest BCUT2D eigenvalue weighted by Gasteiger charge is -2.35. The van der Waals surface area contributed by atoms with Crippen LogP contribution in [0.1, 0.15) is 110 Å². The van der Waals surface area contributed by atoms with Crippen molar-refractivity contribution < 1.29 is 33.4 Å². The van der Waals surface area contributed by atoms with Gasteiger partial charge in [-0.15, -0.1) is 0 Å². The first-order valence-electron chi connectivity index (χ1n) is 17.3. The van der Waals surface area contributed by atoms with Gasteiger partial charge in [0.1, 0.15) is 29.3 Å². The maximum atomic E-state index is 14.6. The highest BCUT2D eigenvalue weighted by atomic mass is 16.6. The number of carbonyl (C=O) groups excluding carboxylic acids is 5. The molecule has 0 fully saturated rings. The average molecular weight is 693 g/mol. The number of esters is 1. The largest absolute Gasteiger partial charge is 0.458 e. The lowest BCUT2D eigenvalue weighted by atomic mass is 9.98. The molecular weight excluding hydrogens is 636 g/mol. The Balaban J connectivity index is 2.68. The van der Waals surface area contributed by atoms with Crippen LogP contribution in [0.5, 0.6) is 0 Å². The zero-order chi connectivity index (χ0) is 37.5. The van der Waals surface area contributed by atoms with Gasteiger partial charge in [-0.2, -0.15) is 0 Å². The van der Waals surface area contributed by atoms with Crippen molar-refractivity contribution in [3.8, 4) is 0 Å². The van der Waals surface area contributed by atoms with Gasteiger partial charge in [-0.3, -0.25) is 14.4 Å². The van der Waals surface area contributed by atoms with Gasteiger partial charge in [-0.1, -0.05) is 93.8 Å². The van der Waals surface area contributed by atoms with E-state index in [-0.39, 0.29) is 13.0 Å². The van der Waals surface area contributed by atoms with Gasteiger partial charge < -0.3 is 30.7 Å². The summed E-state index contributed by atoms with van der Waals surface area (Å²) in [6.07, 6.45) is 4.54.